The van der Waals surface area contributed by atoms with E-state index < -0.39 is 17.0 Å². The highest BCUT2D eigenvalue weighted by Gasteiger charge is 2.65. The van der Waals surface area contributed by atoms with Gasteiger partial charge in [-0.15, -0.1) is 5.10 Å². The van der Waals surface area contributed by atoms with E-state index >= 15 is 0 Å². The van der Waals surface area contributed by atoms with Gasteiger partial charge in [0, 0.05) is 0 Å². The third kappa shape index (κ3) is 2.25. The predicted molar refractivity (Wildman–Crippen MR) is 106 cm³/mol. The van der Waals surface area contributed by atoms with E-state index in [0.717, 1.165) is 18.4 Å². The summed E-state index contributed by atoms with van der Waals surface area (Å²) >= 11 is 6.50. The van der Waals surface area contributed by atoms with Crippen LogP contribution < -0.4 is 0 Å². The Kier molecular flexibility index (Phi) is 3.97. The lowest BCUT2D eigenvalue weighted by atomic mass is 9.66. The molecule has 5 rings (SSSR count). The van der Waals surface area contributed by atoms with E-state index in [9.17, 15) is 14.0 Å². The van der Waals surface area contributed by atoms with E-state index in [1.54, 1.807) is 6.07 Å². The molecule has 0 N–H and O–H groups in total. The molecule has 8 heteroatoms. The Bertz CT molecular complexity index is 1230. The molecular formula is C22H16ClF2N5. The Hall–Kier alpha value is -2.98. The second-order valence-electron chi connectivity index (χ2n) is 8.35. The first-order valence-corrected chi connectivity index (χ1v) is 9.94. The minimum absolute atomic E-state index is 0.0366. The Labute approximate surface area is 176 Å². The number of nitrogens with zero attached hydrogens (tertiary/aromatic N) is 5. The molecule has 2 aliphatic carbocycles. The van der Waals surface area contributed by atoms with E-state index in [0.29, 0.717) is 16.4 Å². The lowest BCUT2D eigenvalue weighted by Gasteiger charge is -2.37. The Morgan fingerprint density at radius 1 is 1.17 bits per heavy atom. The van der Waals surface area contributed by atoms with E-state index in [1.165, 1.54) is 24.4 Å². The number of aromatic nitrogens is 4. The summed E-state index contributed by atoms with van der Waals surface area (Å²) in [5.41, 5.74) is 1.14. The molecule has 2 atom stereocenters. The van der Waals surface area contributed by atoms with Gasteiger partial charge in [0.1, 0.15) is 17.7 Å². The fourth-order valence-corrected chi connectivity index (χ4v) is 5.69. The second kappa shape index (κ2) is 6.26. The van der Waals surface area contributed by atoms with Crippen LogP contribution in [0.4, 0.5) is 8.78 Å². The SMILES string of the molecule is CC1(C)[C@H]2CC[C@@]1(c1nc(C#N)ncc1Cl)c1nnc(-c3c(F)cccc3F)cc12. The maximum absolute atomic E-state index is 14.3. The minimum Gasteiger partial charge on any atom is -0.226 e. The summed E-state index contributed by atoms with van der Waals surface area (Å²) in [6.45, 7) is 4.22. The maximum Gasteiger partial charge on any atom is 0.232 e. The molecule has 0 spiro atoms. The summed E-state index contributed by atoms with van der Waals surface area (Å²) in [5, 5.41) is 18.3. The monoisotopic (exact) mass is 423 g/mol. The molecule has 0 amide bonds. The number of rotatable bonds is 2. The van der Waals surface area contributed by atoms with Crippen molar-refractivity contribution in [3.8, 4) is 17.3 Å². The first-order chi connectivity index (χ1) is 14.3. The quantitative estimate of drug-likeness (QED) is 0.583. The molecule has 0 unspecified atom stereocenters. The van der Waals surface area contributed by atoms with Crippen molar-refractivity contribution in [2.24, 2.45) is 5.41 Å². The van der Waals surface area contributed by atoms with Gasteiger partial charge in [0.05, 0.1) is 39.3 Å². The molecule has 2 heterocycles. The lowest BCUT2D eigenvalue weighted by molar-refractivity contribution is 0.242. The van der Waals surface area contributed by atoms with Crippen LogP contribution in [0.2, 0.25) is 5.02 Å². The third-order valence-corrected chi connectivity index (χ3v) is 7.13. The molecule has 150 valence electrons. The van der Waals surface area contributed by atoms with Crippen LogP contribution in [0.15, 0.2) is 30.5 Å². The Morgan fingerprint density at radius 2 is 1.90 bits per heavy atom. The average molecular weight is 424 g/mol. The summed E-state index contributed by atoms with van der Waals surface area (Å²) in [5.74, 6) is -1.24. The van der Waals surface area contributed by atoms with Gasteiger partial charge in [-0.1, -0.05) is 31.5 Å². The van der Waals surface area contributed by atoms with Crippen LogP contribution in [0, 0.1) is 28.4 Å². The van der Waals surface area contributed by atoms with E-state index in [2.05, 4.69) is 34.0 Å². The third-order valence-electron chi connectivity index (χ3n) is 6.85. The molecule has 2 aliphatic rings. The molecule has 0 saturated heterocycles. The molecule has 2 bridgehead atoms. The van der Waals surface area contributed by atoms with Crippen LogP contribution in [0.25, 0.3) is 11.3 Å². The lowest BCUT2D eigenvalue weighted by Crippen LogP contribution is -2.38. The topological polar surface area (TPSA) is 75.3 Å². The highest BCUT2D eigenvalue weighted by molar-refractivity contribution is 6.31. The molecule has 1 fully saturated rings. The zero-order valence-corrected chi connectivity index (χ0v) is 17.0. The zero-order chi connectivity index (χ0) is 21.3. The number of hydrogen-bond acceptors (Lipinski definition) is 5. The van der Waals surface area contributed by atoms with Gasteiger partial charge in [0.25, 0.3) is 0 Å². The number of fused-ring (bicyclic) bond motifs is 5. The Balaban J connectivity index is 1.76. The van der Waals surface area contributed by atoms with Crippen molar-refractivity contribution >= 4 is 11.6 Å². The smallest absolute Gasteiger partial charge is 0.226 e. The summed E-state index contributed by atoms with van der Waals surface area (Å²) < 4.78 is 28.7. The van der Waals surface area contributed by atoms with Crippen molar-refractivity contribution in [3.05, 3.63) is 69.9 Å². The fourth-order valence-electron chi connectivity index (χ4n) is 5.43. The van der Waals surface area contributed by atoms with Crippen LogP contribution in [0.1, 0.15) is 55.4 Å². The molecule has 30 heavy (non-hydrogen) atoms. The molecule has 5 nitrogen and oxygen atoms in total. The van der Waals surface area contributed by atoms with Crippen molar-refractivity contribution in [3.63, 3.8) is 0 Å². The highest BCUT2D eigenvalue weighted by atomic mass is 35.5. The molecule has 0 radical (unpaired) electrons. The van der Waals surface area contributed by atoms with Gasteiger partial charge in [-0.3, -0.25) is 0 Å². The molecule has 3 aromatic rings. The van der Waals surface area contributed by atoms with E-state index in [-0.39, 0.29) is 28.4 Å². The van der Waals surface area contributed by atoms with Gasteiger partial charge in [-0.2, -0.15) is 10.4 Å². The van der Waals surface area contributed by atoms with Crippen molar-refractivity contribution in [1.82, 2.24) is 20.2 Å². The minimum atomic E-state index is -0.682. The molecule has 2 aromatic heterocycles. The van der Waals surface area contributed by atoms with Gasteiger partial charge >= 0.3 is 0 Å². The number of hydrogen-bond donors (Lipinski definition) is 0. The summed E-state index contributed by atoms with van der Waals surface area (Å²) in [7, 11) is 0. The van der Waals surface area contributed by atoms with Crippen molar-refractivity contribution in [2.45, 2.75) is 38.0 Å². The van der Waals surface area contributed by atoms with Crippen LogP contribution in [-0.2, 0) is 5.41 Å². The number of benzene rings is 1. The van der Waals surface area contributed by atoms with Crippen LogP contribution in [0.5, 0.6) is 0 Å². The predicted octanol–water partition coefficient (Wildman–Crippen LogP) is 4.94. The fraction of sp³-hybridized carbons (Fsp3) is 0.318. The van der Waals surface area contributed by atoms with Gasteiger partial charge in [-0.25, -0.2) is 18.7 Å². The molecule has 1 saturated carbocycles. The van der Waals surface area contributed by atoms with Gasteiger partial charge in [-0.05, 0) is 47.9 Å². The number of nitriles is 1. The number of halogens is 3. The average Bonchev–Trinajstić information content (AvgIpc) is 3.09. The maximum atomic E-state index is 14.3. The molecular weight excluding hydrogens is 408 g/mol. The first kappa shape index (κ1) is 19.0. The largest absolute Gasteiger partial charge is 0.232 e. The molecule has 1 aromatic carbocycles. The van der Waals surface area contributed by atoms with Gasteiger partial charge < -0.3 is 0 Å². The molecule has 0 aliphatic heterocycles. The first-order valence-electron chi connectivity index (χ1n) is 9.57. The standard InChI is InChI=1S/C22H16ClF2N5/c1-21(2)12-6-7-22(21,20-13(23)10-27-17(9-26)28-20)19-11(12)8-16(29-30-19)18-14(24)4-3-5-15(18)25/h3-5,8,10,12H,6-7H2,1-2H3/t12-,22-/m0/s1. The normalized spacial score (nSPS) is 23.3. The van der Waals surface area contributed by atoms with Gasteiger partial charge in [0.15, 0.2) is 0 Å². The van der Waals surface area contributed by atoms with Crippen molar-refractivity contribution in [2.75, 3.05) is 0 Å². The summed E-state index contributed by atoms with van der Waals surface area (Å²) in [6.07, 6.45) is 3.02. The van der Waals surface area contributed by atoms with Crippen molar-refractivity contribution < 1.29 is 8.78 Å². The van der Waals surface area contributed by atoms with Crippen LogP contribution >= 0.6 is 11.6 Å². The van der Waals surface area contributed by atoms with E-state index in [4.69, 9.17) is 11.6 Å². The van der Waals surface area contributed by atoms with Crippen LogP contribution in [0.3, 0.4) is 0 Å². The van der Waals surface area contributed by atoms with Gasteiger partial charge in [0.2, 0.25) is 5.82 Å². The summed E-state index contributed by atoms with van der Waals surface area (Å²) in [6, 6.07) is 7.43. The van der Waals surface area contributed by atoms with Crippen molar-refractivity contribution in [1.29, 1.82) is 5.26 Å². The second-order valence-corrected chi connectivity index (χ2v) is 8.76. The Morgan fingerprint density at radius 3 is 2.60 bits per heavy atom. The zero-order valence-electron chi connectivity index (χ0n) is 16.2. The van der Waals surface area contributed by atoms with E-state index in [1.807, 2.05) is 6.07 Å². The van der Waals surface area contributed by atoms with Crippen LogP contribution in [-0.4, -0.2) is 20.2 Å². The highest BCUT2D eigenvalue weighted by Crippen LogP contribution is 2.70. The summed E-state index contributed by atoms with van der Waals surface area (Å²) in [4.78, 5) is 8.42.